The Morgan fingerprint density at radius 2 is 1.71 bits per heavy atom. The quantitative estimate of drug-likeness (QED) is 0.825. The number of rotatable bonds is 6. The second-order valence-electron chi connectivity index (χ2n) is 6.14. The van der Waals surface area contributed by atoms with Gasteiger partial charge in [0.25, 0.3) is 0 Å². The lowest BCUT2D eigenvalue weighted by atomic mass is 10.1. The first-order chi connectivity index (χ1) is 11.4. The first kappa shape index (κ1) is 17.9. The Balaban J connectivity index is 1.98. The highest BCUT2D eigenvalue weighted by molar-refractivity contribution is 5.96. The van der Waals surface area contributed by atoms with Crippen LogP contribution >= 0.6 is 0 Å². The lowest BCUT2D eigenvalue weighted by molar-refractivity contribution is -0.120. The highest BCUT2D eigenvalue weighted by Crippen LogP contribution is 2.14. The Hall–Kier alpha value is -2.46. The number of amides is 1. The van der Waals surface area contributed by atoms with Crippen molar-refractivity contribution in [2.24, 2.45) is 0 Å². The van der Waals surface area contributed by atoms with Crippen molar-refractivity contribution in [2.75, 3.05) is 12.4 Å². The van der Waals surface area contributed by atoms with Crippen molar-refractivity contribution < 1.29 is 9.59 Å². The lowest BCUT2D eigenvalue weighted by Crippen LogP contribution is -2.39. The fourth-order valence-electron chi connectivity index (χ4n) is 2.43. The summed E-state index contributed by atoms with van der Waals surface area (Å²) in [6.45, 7) is 6.20. The highest BCUT2D eigenvalue weighted by Gasteiger charge is 2.18. The number of nitrogens with one attached hydrogen (secondary N) is 1. The zero-order chi connectivity index (χ0) is 17.7. The molecule has 4 nitrogen and oxygen atoms in total. The molecule has 0 radical (unpaired) electrons. The summed E-state index contributed by atoms with van der Waals surface area (Å²) in [5.74, 6) is -0.0548. The number of nitrogens with zero attached hydrogens (tertiary/aromatic N) is 1. The number of benzene rings is 2. The number of anilines is 1. The van der Waals surface area contributed by atoms with Gasteiger partial charge in [0, 0.05) is 17.8 Å². The third-order valence-corrected chi connectivity index (χ3v) is 4.28. The van der Waals surface area contributed by atoms with Crippen molar-refractivity contribution in [3.05, 3.63) is 65.2 Å². The summed E-state index contributed by atoms with van der Waals surface area (Å²) in [6, 6.07) is 14.9. The van der Waals surface area contributed by atoms with Crippen LogP contribution in [0.15, 0.2) is 48.5 Å². The van der Waals surface area contributed by atoms with Crippen LogP contribution in [0.5, 0.6) is 0 Å². The predicted octanol–water partition coefficient (Wildman–Crippen LogP) is 3.66. The molecule has 0 bridgehead atoms. The van der Waals surface area contributed by atoms with E-state index in [-0.39, 0.29) is 17.7 Å². The molecule has 0 heterocycles. The van der Waals surface area contributed by atoms with Crippen LogP contribution in [0.1, 0.15) is 35.3 Å². The molecule has 24 heavy (non-hydrogen) atoms. The molecule has 2 aromatic carbocycles. The van der Waals surface area contributed by atoms with Gasteiger partial charge in [-0.1, -0.05) is 24.3 Å². The Morgan fingerprint density at radius 1 is 1.08 bits per heavy atom. The van der Waals surface area contributed by atoms with E-state index < -0.39 is 0 Å². The molecule has 4 heteroatoms. The molecule has 1 N–H and O–H groups in total. The van der Waals surface area contributed by atoms with Gasteiger partial charge in [0.05, 0.1) is 6.04 Å². The minimum absolute atomic E-state index is 0.0132. The number of carbonyl (C=O) groups is 2. The molecule has 1 atom stereocenters. The molecule has 0 spiro atoms. The van der Waals surface area contributed by atoms with E-state index in [1.165, 1.54) is 18.1 Å². The third-order valence-electron chi connectivity index (χ3n) is 4.28. The Labute approximate surface area is 143 Å². The zero-order valence-electron chi connectivity index (χ0n) is 14.7. The van der Waals surface area contributed by atoms with Gasteiger partial charge in [-0.2, -0.15) is 0 Å². The number of Topliss-reactive ketones (excluding diaryl/α,β-unsaturated/α-hetero) is 1. The van der Waals surface area contributed by atoms with Crippen LogP contribution in [-0.2, 0) is 11.3 Å². The van der Waals surface area contributed by atoms with E-state index in [4.69, 9.17) is 0 Å². The molecule has 0 aliphatic carbocycles. The predicted molar refractivity (Wildman–Crippen MR) is 97.2 cm³/mol. The van der Waals surface area contributed by atoms with Crippen molar-refractivity contribution in [1.82, 2.24) is 4.90 Å². The molecule has 126 valence electrons. The van der Waals surface area contributed by atoms with E-state index in [0.29, 0.717) is 17.8 Å². The number of likely N-dealkylation sites (N-methyl/N-ethyl adjacent to an activating group) is 1. The van der Waals surface area contributed by atoms with Gasteiger partial charge in [0.15, 0.2) is 5.78 Å². The number of carbonyl (C=O) groups excluding carboxylic acids is 2. The molecular formula is C20H24N2O2. The normalized spacial score (nSPS) is 12.0. The summed E-state index contributed by atoms with van der Waals surface area (Å²) in [4.78, 5) is 25.7. The summed E-state index contributed by atoms with van der Waals surface area (Å²) in [7, 11) is 1.94. The van der Waals surface area contributed by atoms with Crippen molar-refractivity contribution >= 4 is 17.4 Å². The maximum Gasteiger partial charge on any atom is 0.241 e. The van der Waals surface area contributed by atoms with Crippen molar-refractivity contribution in [3.8, 4) is 0 Å². The molecule has 2 rings (SSSR count). The number of hydrogen-bond acceptors (Lipinski definition) is 3. The van der Waals surface area contributed by atoms with Crippen LogP contribution in [0, 0.1) is 6.92 Å². The molecular weight excluding hydrogens is 300 g/mol. The maximum atomic E-state index is 12.4. The van der Waals surface area contributed by atoms with Crippen molar-refractivity contribution in [3.63, 3.8) is 0 Å². The van der Waals surface area contributed by atoms with Crippen LogP contribution < -0.4 is 5.32 Å². The maximum absolute atomic E-state index is 12.4. The molecule has 0 saturated carbocycles. The van der Waals surface area contributed by atoms with Crippen LogP contribution in [0.4, 0.5) is 5.69 Å². The van der Waals surface area contributed by atoms with E-state index >= 15 is 0 Å². The smallest absolute Gasteiger partial charge is 0.241 e. The van der Waals surface area contributed by atoms with Crippen LogP contribution in [0.25, 0.3) is 0 Å². The van der Waals surface area contributed by atoms with Gasteiger partial charge in [-0.15, -0.1) is 0 Å². The summed E-state index contributed by atoms with van der Waals surface area (Å²) in [6.07, 6.45) is 0. The van der Waals surface area contributed by atoms with Gasteiger partial charge in [-0.3, -0.25) is 14.5 Å². The summed E-state index contributed by atoms with van der Waals surface area (Å²) in [5, 5.41) is 2.90. The van der Waals surface area contributed by atoms with E-state index in [2.05, 4.69) is 24.4 Å². The van der Waals surface area contributed by atoms with E-state index in [9.17, 15) is 9.59 Å². The summed E-state index contributed by atoms with van der Waals surface area (Å²) >= 11 is 0. The second-order valence-corrected chi connectivity index (χ2v) is 6.14. The number of ketones is 1. The third kappa shape index (κ3) is 4.52. The molecule has 0 fully saturated rings. The van der Waals surface area contributed by atoms with Crippen LogP contribution in [0.2, 0.25) is 0 Å². The minimum Gasteiger partial charge on any atom is -0.325 e. The minimum atomic E-state index is -0.267. The zero-order valence-corrected chi connectivity index (χ0v) is 14.7. The highest BCUT2D eigenvalue weighted by atomic mass is 16.2. The van der Waals surface area contributed by atoms with Gasteiger partial charge in [0.2, 0.25) is 5.91 Å². The Morgan fingerprint density at radius 3 is 2.29 bits per heavy atom. The van der Waals surface area contributed by atoms with Gasteiger partial charge in [-0.25, -0.2) is 0 Å². The largest absolute Gasteiger partial charge is 0.325 e. The fourth-order valence-corrected chi connectivity index (χ4v) is 2.43. The average molecular weight is 324 g/mol. The number of hydrogen-bond donors (Lipinski definition) is 1. The topological polar surface area (TPSA) is 49.4 Å². The van der Waals surface area contributed by atoms with Gasteiger partial charge >= 0.3 is 0 Å². The first-order valence-corrected chi connectivity index (χ1v) is 8.05. The van der Waals surface area contributed by atoms with Crippen LogP contribution in [0.3, 0.4) is 0 Å². The van der Waals surface area contributed by atoms with E-state index in [1.54, 1.807) is 24.3 Å². The van der Waals surface area contributed by atoms with Gasteiger partial charge < -0.3 is 5.32 Å². The number of aryl methyl sites for hydroxylation is 1. The van der Waals surface area contributed by atoms with Gasteiger partial charge in [-0.05, 0) is 63.2 Å². The standard InChI is InChI=1S/C20H24N2O2/c1-14-7-5-6-8-18(14)13-22(4)15(2)20(24)21-19-11-9-17(10-12-19)16(3)23/h5-12,15H,13H2,1-4H3,(H,21,24)/t15-/m1/s1. The second kappa shape index (κ2) is 7.88. The summed E-state index contributed by atoms with van der Waals surface area (Å²) in [5.41, 5.74) is 3.76. The summed E-state index contributed by atoms with van der Waals surface area (Å²) < 4.78 is 0. The Bertz CT molecular complexity index is 723. The molecule has 0 aromatic heterocycles. The van der Waals surface area contributed by atoms with Gasteiger partial charge in [0.1, 0.15) is 0 Å². The molecule has 0 unspecified atom stereocenters. The monoisotopic (exact) mass is 324 g/mol. The molecule has 0 aliphatic heterocycles. The van der Waals surface area contributed by atoms with E-state index in [1.807, 2.05) is 31.0 Å². The van der Waals surface area contributed by atoms with Crippen molar-refractivity contribution in [1.29, 1.82) is 0 Å². The fraction of sp³-hybridized carbons (Fsp3) is 0.300. The average Bonchev–Trinajstić information content (AvgIpc) is 2.56. The molecule has 2 aromatic rings. The first-order valence-electron chi connectivity index (χ1n) is 8.05. The lowest BCUT2D eigenvalue weighted by Gasteiger charge is -2.24. The molecule has 0 saturated heterocycles. The SMILES string of the molecule is CC(=O)c1ccc(NC(=O)[C@@H](C)N(C)Cc2ccccc2C)cc1. The molecule has 0 aliphatic rings. The molecule has 1 amide bonds. The van der Waals surface area contributed by atoms with Crippen LogP contribution in [-0.4, -0.2) is 29.7 Å². The van der Waals surface area contributed by atoms with E-state index in [0.717, 1.165) is 0 Å². The van der Waals surface area contributed by atoms with Crippen molar-refractivity contribution in [2.45, 2.75) is 33.4 Å². The Kier molecular flexibility index (Phi) is 5.88.